The Balaban J connectivity index is 1.49. The van der Waals surface area contributed by atoms with E-state index in [0.29, 0.717) is 39.9 Å². The van der Waals surface area contributed by atoms with Gasteiger partial charge in [-0.2, -0.15) is 10.2 Å². The molecule has 212 valence electrons. The van der Waals surface area contributed by atoms with E-state index in [9.17, 15) is 9.59 Å². The summed E-state index contributed by atoms with van der Waals surface area (Å²) >= 11 is 0. The van der Waals surface area contributed by atoms with Crippen LogP contribution in [-0.4, -0.2) is 65.3 Å². The minimum Gasteiger partial charge on any atom is -0.497 e. The van der Waals surface area contributed by atoms with Gasteiger partial charge in [0.15, 0.2) is 5.82 Å². The lowest BCUT2D eigenvalue weighted by atomic mass is 10.1. The van der Waals surface area contributed by atoms with E-state index < -0.39 is 5.97 Å². The lowest BCUT2D eigenvalue weighted by molar-refractivity contribution is -0.137. The van der Waals surface area contributed by atoms with Crippen LogP contribution in [0.3, 0.4) is 0 Å². The number of carboxylic acids is 1. The molecule has 13 heteroatoms. The number of fused-ring (bicyclic) bond motifs is 1. The van der Waals surface area contributed by atoms with Gasteiger partial charge in [0, 0.05) is 43.9 Å². The maximum atomic E-state index is 13.3. The number of carbonyl (C=O) groups is 2. The van der Waals surface area contributed by atoms with Crippen LogP contribution in [0.25, 0.3) is 33.8 Å². The Bertz CT molecular complexity index is 1770. The summed E-state index contributed by atoms with van der Waals surface area (Å²) in [6.45, 7) is 2.28. The number of aryl methyl sites for hydroxylation is 4. The molecule has 1 amide bonds. The largest absolute Gasteiger partial charge is 0.497 e. The van der Waals surface area contributed by atoms with Gasteiger partial charge >= 0.3 is 5.97 Å². The molecule has 1 aromatic carbocycles. The molecule has 5 rings (SSSR count). The number of aliphatic carboxylic acids is 1. The number of hydrogen-bond donors (Lipinski definition) is 2. The number of benzene rings is 1. The molecule has 0 saturated heterocycles. The summed E-state index contributed by atoms with van der Waals surface area (Å²) in [6.07, 6.45) is 3.46. The average Bonchev–Trinajstić information content (AvgIpc) is 3.65. The van der Waals surface area contributed by atoms with Crippen LogP contribution in [0.4, 0.5) is 0 Å². The van der Waals surface area contributed by atoms with Gasteiger partial charge in [-0.05, 0) is 31.2 Å². The summed E-state index contributed by atoms with van der Waals surface area (Å²) in [7, 11) is 6.77. The first-order valence-corrected chi connectivity index (χ1v) is 12.8. The number of amides is 1. The van der Waals surface area contributed by atoms with E-state index in [4.69, 9.17) is 24.5 Å². The summed E-state index contributed by atoms with van der Waals surface area (Å²) in [5, 5.41) is 21.6. The van der Waals surface area contributed by atoms with Crippen molar-refractivity contribution < 1.29 is 24.2 Å². The normalized spacial score (nSPS) is 11.1. The van der Waals surface area contributed by atoms with Crippen molar-refractivity contribution in [2.75, 3.05) is 14.2 Å². The molecule has 0 bridgehead atoms. The highest BCUT2D eigenvalue weighted by Gasteiger charge is 2.21. The summed E-state index contributed by atoms with van der Waals surface area (Å²) in [5.74, 6) is 0.491. The molecular weight excluding hydrogens is 528 g/mol. The van der Waals surface area contributed by atoms with Crippen molar-refractivity contribution in [3.8, 4) is 34.4 Å². The van der Waals surface area contributed by atoms with Crippen LogP contribution in [-0.2, 0) is 32.0 Å². The zero-order valence-electron chi connectivity index (χ0n) is 23.4. The molecule has 4 aromatic heterocycles. The number of methoxy groups -OCH3 is 2. The van der Waals surface area contributed by atoms with Crippen LogP contribution in [0.2, 0.25) is 0 Å². The van der Waals surface area contributed by atoms with Gasteiger partial charge in [-0.3, -0.25) is 19.0 Å². The molecule has 0 aliphatic heterocycles. The smallest absolute Gasteiger partial charge is 0.305 e. The Hall–Kier alpha value is -5.20. The van der Waals surface area contributed by atoms with Gasteiger partial charge in [0.05, 0.1) is 50.3 Å². The molecule has 13 nitrogen and oxygen atoms in total. The number of carboxylic acid groups (broad SMARTS) is 1. The van der Waals surface area contributed by atoms with E-state index in [1.165, 1.54) is 0 Å². The third kappa shape index (κ3) is 5.46. The van der Waals surface area contributed by atoms with E-state index in [1.54, 1.807) is 55.0 Å². The van der Waals surface area contributed by atoms with Crippen molar-refractivity contribution in [2.24, 2.45) is 14.1 Å². The Morgan fingerprint density at radius 2 is 1.88 bits per heavy atom. The second-order valence-electron chi connectivity index (χ2n) is 9.52. The van der Waals surface area contributed by atoms with Crippen molar-refractivity contribution in [1.29, 1.82) is 0 Å². The van der Waals surface area contributed by atoms with Gasteiger partial charge in [-0.25, -0.2) is 9.97 Å². The van der Waals surface area contributed by atoms with Crippen LogP contribution in [0.15, 0.2) is 42.7 Å². The van der Waals surface area contributed by atoms with Gasteiger partial charge in [0.1, 0.15) is 28.6 Å². The van der Waals surface area contributed by atoms with E-state index in [1.807, 2.05) is 36.9 Å². The number of imidazole rings is 1. The summed E-state index contributed by atoms with van der Waals surface area (Å²) in [4.78, 5) is 34.0. The quantitative estimate of drug-likeness (QED) is 0.264. The van der Waals surface area contributed by atoms with Crippen LogP contribution in [0.5, 0.6) is 11.5 Å². The van der Waals surface area contributed by atoms with Gasteiger partial charge in [0.25, 0.3) is 5.91 Å². The molecule has 0 radical (unpaired) electrons. The zero-order valence-corrected chi connectivity index (χ0v) is 23.4. The van der Waals surface area contributed by atoms with Crippen molar-refractivity contribution in [1.82, 2.24) is 39.4 Å². The number of ether oxygens (including phenoxy) is 2. The fraction of sp³-hybridized carbons (Fsp3) is 0.286. The monoisotopic (exact) mass is 558 g/mol. The second kappa shape index (κ2) is 11.1. The number of nitrogens with zero attached hydrogens (tertiary/aromatic N) is 7. The Kier molecular flexibility index (Phi) is 7.42. The maximum absolute atomic E-state index is 13.3. The summed E-state index contributed by atoms with van der Waals surface area (Å²) in [5.41, 5.74) is 4.24. The lowest BCUT2D eigenvalue weighted by Crippen LogP contribution is -2.24. The molecule has 0 saturated carbocycles. The fourth-order valence-electron chi connectivity index (χ4n) is 4.63. The highest BCUT2D eigenvalue weighted by atomic mass is 16.5. The molecule has 5 aromatic rings. The molecule has 41 heavy (non-hydrogen) atoms. The minimum absolute atomic E-state index is 0.0643. The average molecular weight is 559 g/mol. The van der Waals surface area contributed by atoms with Gasteiger partial charge in [-0.15, -0.1) is 0 Å². The zero-order chi connectivity index (χ0) is 29.3. The first-order valence-electron chi connectivity index (χ1n) is 12.8. The molecule has 0 spiro atoms. The van der Waals surface area contributed by atoms with Crippen molar-refractivity contribution in [2.45, 2.75) is 26.4 Å². The molecule has 4 heterocycles. The molecule has 0 aliphatic carbocycles. The van der Waals surface area contributed by atoms with Crippen LogP contribution in [0, 0.1) is 6.92 Å². The van der Waals surface area contributed by atoms with Gasteiger partial charge in [-0.1, -0.05) is 0 Å². The Morgan fingerprint density at radius 1 is 1.07 bits per heavy atom. The molecule has 0 atom stereocenters. The van der Waals surface area contributed by atoms with Gasteiger partial charge < -0.3 is 24.5 Å². The summed E-state index contributed by atoms with van der Waals surface area (Å²) in [6, 6.07) is 8.95. The second-order valence-corrected chi connectivity index (χ2v) is 9.52. The van der Waals surface area contributed by atoms with Crippen molar-refractivity contribution in [3.05, 3.63) is 59.7 Å². The predicted octanol–water partition coefficient (Wildman–Crippen LogP) is 2.96. The SMILES string of the molecule is COc1ccc(CNC(=O)c2cc3c(cnn3C)c(-c3nc(-c4cc(C)nn4CCC(=O)O)cn3C)n2)c(OC)c1. The minimum atomic E-state index is -0.908. The fourth-order valence-corrected chi connectivity index (χ4v) is 4.63. The maximum Gasteiger partial charge on any atom is 0.305 e. The topological polar surface area (TPSA) is 151 Å². The number of carbonyl (C=O) groups excluding carboxylic acids is 1. The van der Waals surface area contributed by atoms with Crippen LogP contribution < -0.4 is 14.8 Å². The summed E-state index contributed by atoms with van der Waals surface area (Å²) < 4.78 is 15.8. The first kappa shape index (κ1) is 27.4. The van der Waals surface area contributed by atoms with Crippen molar-refractivity contribution >= 4 is 22.8 Å². The first-order chi connectivity index (χ1) is 19.7. The number of rotatable bonds is 10. The number of pyridine rings is 1. The molecule has 0 aliphatic rings. The molecule has 0 fully saturated rings. The molecule has 0 unspecified atom stereocenters. The standard InChI is InChI=1S/C28H30N8O5/c1-16-10-23(36(33-16)9-8-25(37)38)21-15-34(2)27(32-21)26-19-14-30-35(3)22(19)12-20(31-26)28(39)29-13-17-6-7-18(40-4)11-24(17)41-5/h6-7,10-12,14-15H,8-9,13H2,1-5H3,(H,29,39)(H,37,38). The third-order valence-corrected chi connectivity index (χ3v) is 6.70. The Labute approximate surface area is 235 Å². The van der Waals surface area contributed by atoms with E-state index in [2.05, 4.69) is 15.5 Å². The van der Waals surface area contributed by atoms with Crippen molar-refractivity contribution in [3.63, 3.8) is 0 Å². The number of hydrogen-bond acceptors (Lipinski definition) is 8. The molecule has 2 N–H and O–H groups in total. The van der Waals surface area contributed by atoms with Crippen LogP contribution >= 0.6 is 0 Å². The predicted molar refractivity (Wildman–Crippen MR) is 150 cm³/mol. The number of aromatic nitrogens is 7. The van der Waals surface area contributed by atoms with Crippen LogP contribution in [0.1, 0.15) is 28.2 Å². The Morgan fingerprint density at radius 3 is 2.61 bits per heavy atom. The highest BCUT2D eigenvalue weighted by Crippen LogP contribution is 2.30. The third-order valence-electron chi connectivity index (χ3n) is 6.70. The lowest BCUT2D eigenvalue weighted by Gasteiger charge is -2.12. The van der Waals surface area contributed by atoms with E-state index in [-0.39, 0.29) is 31.1 Å². The highest BCUT2D eigenvalue weighted by molar-refractivity contribution is 5.99. The van der Waals surface area contributed by atoms with E-state index in [0.717, 1.165) is 16.6 Å². The number of nitrogens with one attached hydrogen (secondary N) is 1. The van der Waals surface area contributed by atoms with E-state index >= 15 is 0 Å². The van der Waals surface area contributed by atoms with Gasteiger partial charge in [0.2, 0.25) is 0 Å². The molecular formula is C28H30N8O5.